The van der Waals surface area contributed by atoms with Gasteiger partial charge in [0.25, 0.3) is 0 Å². The molecule has 1 N–H and O–H groups in total. The van der Waals surface area contributed by atoms with Crippen LogP contribution in [0.1, 0.15) is 64.0 Å². The number of carbonyl (C=O) groups excluding carboxylic acids is 2. The summed E-state index contributed by atoms with van der Waals surface area (Å²) in [6.45, 7) is 6.91. The lowest BCUT2D eigenvalue weighted by atomic mass is 9.92. The van der Waals surface area contributed by atoms with E-state index in [1.54, 1.807) is 7.11 Å². The quantitative estimate of drug-likeness (QED) is 0.509. The number of unbranched alkanes of at least 4 members (excludes halogenated alkanes) is 2. The Balaban J connectivity index is 2.01. The third kappa shape index (κ3) is 6.74. The number of hydrogen-bond acceptors (Lipinski definition) is 4. The van der Waals surface area contributed by atoms with Gasteiger partial charge in [-0.3, -0.25) is 9.59 Å². The molecular weight excluding hydrogens is 368 g/mol. The van der Waals surface area contributed by atoms with Crippen LogP contribution in [0.25, 0.3) is 0 Å². The van der Waals surface area contributed by atoms with E-state index in [0.29, 0.717) is 19.7 Å². The number of amides is 2. The van der Waals surface area contributed by atoms with Crippen molar-refractivity contribution in [1.29, 1.82) is 0 Å². The first-order chi connectivity index (χ1) is 14.1. The Labute approximate surface area is 174 Å². The Bertz CT molecular complexity index is 632. The third-order valence-corrected chi connectivity index (χ3v) is 5.39. The van der Waals surface area contributed by atoms with E-state index in [2.05, 4.69) is 19.2 Å². The molecule has 1 aromatic carbocycles. The Hall–Kier alpha value is -2.08. The lowest BCUT2D eigenvalue weighted by molar-refractivity contribution is -0.129. The smallest absolute Gasteiger partial charge is 0.226 e. The van der Waals surface area contributed by atoms with Crippen molar-refractivity contribution in [3.05, 3.63) is 29.8 Å². The summed E-state index contributed by atoms with van der Waals surface area (Å²) in [7, 11) is 1.63. The first-order valence-electron chi connectivity index (χ1n) is 10.9. The minimum atomic E-state index is -0.367. The molecule has 0 aliphatic carbocycles. The van der Waals surface area contributed by atoms with Crippen molar-refractivity contribution in [2.24, 2.45) is 5.92 Å². The molecule has 1 fully saturated rings. The summed E-state index contributed by atoms with van der Waals surface area (Å²) in [5.74, 6) is 0.407. The molecular formula is C23H36N2O4. The highest BCUT2D eigenvalue weighted by Crippen LogP contribution is 2.39. The van der Waals surface area contributed by atoms with Gasteiger partial charge in [-0.1, -0.05) is 38.8 Å². The third-order valence-electron chi connectivity index (χ3n) is 5.39. The maximum absolute atomic E-state index is 12.9. The molecule has 0 radical (unpaired) electrons. The SMILES string of the molecule is CCCCOCCCNC(=O)C1CC(=O)N(CCCC)C1c1ccc(OC)cc1. The van der Waals surface area contributed by atoms with Crippen molar-refractivity contribution >= 4 is 11.8 Å². The van der Waals surface area contributed by atoms with E-state index in [4.69, 9.17) is 9.47 Å². The Morgan fingerprint density at radius 1 is 1.10 bits per heavy atom. The zero-order valence-electron chi connectivity index (χ0n) is 18.1. The highest BCUT2D eigenvalue weighted by atomic mass is 16.5. The summed E-state index contributed by atoms with van der Waals surface area (Å²) in [6.07, 6.45) is 5.17. The van der Waals surface area contributed by atoms with Gasteiger partial charge < -0.3 is 19.7 Å². The van der Waals surface area contributed by atoms with Gasteiger partial charge in [-0.2, -0.15) is 0 Å². The average Bonchev–Trinajstić information content (AvgIpc) is 3.07. The molecule has 6 nitrogen and oxygen atoms in total. The van der Waals surface area contributed by atoms with Gasteiger partial charge in [0.1, 0.15) is 5.75 Å². The molecule has 6 heteroatoms. The fourth-order valence-electron chi connectivity index (χ4n) is 3.70. The molecule has 0 spiro atoms. The van der Waals surface area contributed by atoms with Crippen molar-refractivity contribution in [1.82, 2.24) is 10.2 Å². The van der Waals surface area contributed by atoms with Crippen molar-refractivity contribution in [2.75, 3.05) is 33.4 Å². The minimum absolute atomic E-state index is 0.0493. The summed E-state index contributed by atoms with van der Waals surface area (Å²) < 4.78 is 10.8. The van der Waals surface area contributed by atoms with Crippen LogP contribution < -0.4 is 10.1 Å². The number of likely N-dealkylation sites (tertiary alicyclic amines) is 1. The topological polar surface area (TPSA) is 67.9 Å². The summed E-state index contributed by atoms with van der Waals surface area (Å²) >= 11 is 0. The van der Waals surface area contributed by atoms with E-state index < -0.39 is 0 Å². The van der Waals surface area contributed by atoms with Crippen LogP contribution in [0, 0.1) is 5.92 Å². The van der Waals surface area contributed by atoms with E-state index in [1.807, 2.05) is 29.2 Å². The van der Waals surface area contributed by atoms with Crippen LogP contribution in [0.15, 0.2) is 24.3 Å². The normalized spacial score (nSPS) is 18.9. The van der Waals surface area contributed by atoms with E-state index >= 15 is 0 Å². The fourth-order valence-corrected chi connectivity index (χ4v) is 3.70. The monoisotopic (exact) mass is 404 g/mol. The largest absolute Gasteiger partial charge is 0.497 e. The molecule has 162 valence electrons. The Morgan fingerprint density at radius 3 is 2.45 bits per heavy atom. The lowest BCUT2D eigenvalue weighted by Gasteiger charge is -2.28. The molecule has 2 rings (SSSR count). The molecule has 2 amide bonds. The highest BCUT2D eigenvalue weighted by Gasteiger charge is 2.43. The van der Waals surface area contributed by atoms with E-state index in [9.17, 15) is 9.59 Å². The second-order valence-electron chi connectivity index (χ2n) is 7.58. The highest BCUT2D eigenvalue weighted by molar-refractivity contribution is 5.90. The van der Waals surface area contributed by atoms with Crippen LogP contribution in [-0.2, 0) is 14.3 Å². The summed E-state index contributed by atoms with van der Waals surface area (Å²) in [5, 5.41) is 3.01. The van der Waals surface area contributed by atoms with E-state index in [-0.39, 0.29) is 30.2 Å². The standard InChI is InChI=1S/C23H36N2O4/c1-4-6-14-25-21(26)17-20(22(25)18-9-11-19(28-3)12-10-18)23(27)24-13-8-16-29-15-7-5-2/h9-12,20,22H,4-8,13-17H2,1-3H3,(H,24,27). The predicted molar refractivity (Wildman–Crippen MR) is 114 cm³/mol. The molecule has 1 aliphatic heterocycles. The number of rotatable bonds is 13. The minimum Gasteiger partial charge on any atom is -0.497 e. The van der Waals surface area contributed by atoms with Crippen molar-refractivity contribution in [3.63, 3.8) is 0 Å². The zero-order chi connectivity index (χ0) is 21.1. The molecule has 2 atom stereocenters. The molecule has 1 heterocycles. The van der Waals surface area contributed by atoms with E-state index in [0.717, 1.165) is 50.0 Å². The molecule has 1 aromatic rings. The zero-order valence-corrected chi connectivity index (χ0v) is 18.1. The van der Waals surface area contributed by atoms with Crippen LogP contribution in [0.5, 0.6) is 5.75 Å². The molecule has 29 heavy (non-hydrogen) atoms. The lowest BCUT2D eigenvalue weighted by Crippen LogP contribution is -2.36. The van der Waals surface area contributed by atoms with Crippen LogP contribution in [0.3, 0.4) is 0 Å². The maximum atomic E-state index is 12.9. The van der Waals surface area contributed by atoms with Crippen molar-refractivity contribution < 1.29 is 19.1 Å². The van der Waals surface area contributed by atoms with E-state index in [1.165, 1.54) is 0 Å². The van der Waals surface area contributed by atoms with Gasteiger partial charge in [0, 0.05) is 32.7 Å². The fraction of sp³-hybridized carbons (Fsp3) is 0.652. The summed E-state index contributed by atoms with van der Waals surface area (Å²) in [5.41, 5.74) is 0.982. The second-order valence-corrected chi connectivity index (χ2v) is 7.58. The number of nitrogens with one attached hydrogen (secondary N) is 1. The second kappa shape index (κ2) is 12.5. The van der Waals surface area contributed by atoms with Gasteiger partial charge in [0.2, 0.25) is 11.8 Å². The van der Waals surface area contributed by atoms with Crippen LogP contribution >= 0.6 is 0 Å². The molecule has 0 saturated carbocycles. The number of benzene rings is 1. The maximum Gasteiger partial charge on any atom is 0.226 e. The van der Waals surface area contributed by atoms with Gasteiger partial charge in [-0.25, -0.2) is 0 Å². The molecule has 0 bridgehead atoms. The number of nitrogens with zero attached hydrogens (tertiary/aromatic N) is 1. The Kier molecular flexibility index (Phi) is 9.98. The average molecular weight is 405 g/mol. The van der Waals surface area contributed by atoms with Crippen molar-refractivity contribution in [2.45, 2.75) is 58.4 Å². The summed E-state index contributed by atoms with van der Waals surface area (Å²) in [6, 6.07) is 7.48. The van der Waals surface area contributed by atoms with Crippen LogP contribution in [0.4, 0.5) is 0 Å². The van der Waals surface area contributed by atoms with Gasteiger partial charge >= 0.3 is 0 Å². The number of hydrogen-bond donors (Lipinski definition) is 1. The van der Waals surface area contributed by atoms with Crippen LogP contribution in [-0.4, -0.2) is 50.1 Å². The molecule has 1 aliphatic rings. The number of carbonyl (C=O) groups is 2. The predicted octanol–water partition coefficient (Wildman–Crippen LogP) is 3.71. The first kappa shape index (κ1) is 23.2. The molecule has 0 aromatic heterocycles. The number of methoxy groups -OCH3 is 1. The number of ether oxygens (including phenoxy) is 2. The van der Waals surface area contributed by atoms with Gasteiger partial charge in [-0.05, 0) is 37.0 Å². The molecule has 2 unspecified atom stereocenters. The van der Waals surface area contributed by atoms with Crippen molar-refractivity contribution in [3.8, 4) is 5.75 Å². The van der Waals surface area contributed by atoms with Gasteiger partial charge in [-0.15, -0.1) is 0 Å². The Morgan fingerprint density at radius 2 is 1.79 bits per heavy atom. The summed E-state index contributed by atoms with van der Waals surface area (Å²) in [4.78, 5) is 27.5. The van der Waals surface area contributed by atoms with Crippen LogP contribution in [0.2, 0.25) is 0 Å². The first-order valence-corrected chi connectivity index (χ1v) is 10.9. The van der Waals surface area contributed by atoms with Gasteiger partial charge in [0.15, 0.2) is 0 Å². The molecule has 1 saturated heterocycles. The van der Waals surface area contributed by atoms with Gasteiger partial charge in [0.05, 0.1) is 19.1 Å².